The van der Waals surface area contributed by atoms with Crippen LogP contribution < -0.4 is 0 Å². The zero-order valence-corrected chi connectivity index (χ0v) is 28.5. The topological polar surface area (TPSA) is 97.4 Å². The van der Waals surface area contributed by atoms with E-state index in [0.717, 1.165) is 0 Å². The van der Waals surface area contributed by atoms with Crippen molar-refractivity contribution >= 4 is 38.0 Å². The minimum Gasteiger partial charge on any atom is -0.452 e. The molecule has 0 spiro atoms. The van der Waals surface area contributed by atoms with Crippen molar-refractivity contribution in [2.75, 3.05) is 12.4 Å². The molecule has 0 unspecified atom stereocenters. The molecule has 5 atom stereocenters. The van der Waals surface area contributed by atoms with Gasteiger partial charge in [-0.1, -0.05) is 82.3 Å². The second-order valence-electron chi connectivity index (χ2n) is 12.3. The minimum atomic E-state index is -2.28. The first-order chi connectivity index (χ1) is 21.4. The predicted molar refractivity (Wildman–Crippen MR) is 177 cm³/mol. The Balaban J connectivity index is 1.76. The van der Waals surface area contributed by atoms with Crippen LogP contribution in [-0.2, 0) is 23.4 Å². The van der Waals surface area contributed by atoms with Crippen molar-refractivity contribution in [3.8, 4) is 0 Å². The van der Waals surface area contributed by atoms with Crippen LogP contribution in [0.1, 0.15) is 58.8 Å². The monoisotopic (exact) mass is 650 g/mol. The van der Waals surface area contributed by atoms with Crippen LogP contribution in [-0.4, -0.2) is 68.4 Å². The van der Waals surface area contributed by atoms with Gasteiger partial charge in [0.25, 0.3) is 0 Å². The number of ether oxygens (including phenoxy) is 4. The highest BCUT2D eigenvalue weighted by molar-refractivity contribution is 7.99. The summed E-state index contributed by atoms with van der Waals surface area (Å²) >= 11 is 1.41. The summed E-state index contributed by atoms with van der Waals surface area (Å²) in [7, 11) is -2.28. The summed E-state index contributed by atoms with van der Waals surface area (Å²) in [6.07, 6.45) is -4.29. The van der Waals surface area contributed by atoms with Crippen LogP contribution in [0.15, 0.2) is 91.0 Å². The van der Waals surface area contributed by atoms with Gasteiger partial charge < -0.3 is 23.4 Å². The molecule has 1 aliphatic heterocycles. The van der Waals surface area contributed by atoms with Gasteiger partial charge in [0, 0.05) is 0 Å². The highest BCUT2D eigenvalue weighted by Crippen LogP contribution is 2.39. The van der Waals surface area contributed by atoms with Crippen molar-refractivity contribution in [1.29, 1.82) is 0 Å². The Morgan fingerprint density at radius 2 is 1.09 bits per heavy atom. The molecule has 0 radical (unpaired) electrons. The Morgan fingerprint density at radius 1 is 0.689 bits per heavy atom. The lowest BCUT2D eigenvalue weighted by Gasteiger charge is -2.46. The van der Waals surface area contributed by atoms with Gasteiger partial charge in [-0.2, -0.15) is 0 Å². The van der Waals surface area contributed by atoms with Crippen LogP contribution in [0, 0.1) is 0 Å². The van der Waals surface area contributed by atoms with Crippen LogP contribution in [0.25, 0.3) is 0 Å². The first-order valence-corrected chi connectivity index (χ1v) is 19.1. The van der Waals surface area contributed by atoms with Gasteiger partial charge in [0.15, 0.2) is 26.6 Å². The molecule has 240 valence electrons. The summed E-state index contributed by atoms with van der Waals surface area (Å²) in [5.41, 5.74) is 0.208. The summed E-state index contributed by atoms with van der Waals surface area (Å²) in [6.45, 7) is 12.7. The predicted octanol–water partition coefficient (Wildman–Crippen LogP) is 7.16. The third-order valence-corrected chi connectivity index (χ3v) is 13.6. The second kappa shape index (κ2) is 15.2. The molecule has 1 aliphatic rings. The minimum absolute atomic E-state index is 0.0861. The van der Waals surface area contributed by atoms with E-state index in [0.29, 0.717) is 22.4 Å². The number of rotatable bonds is 11. The summed E-state index contributed by atoms with van der Waals surface area (Å²) in [5.74, 6) is -1.27. The Bertz CT molecular complexity index is 1410. The number of esters is 3. The van der Waals surface area contributed by atoms with Crippen molar-refractivity contribution in [3.05, 3.63) is 108 Å². The second-order valence-corrected chi connectivity index (χ2v) is 18.5. The van der Waals surface area contributed by atoms with E-state index in [4.69, 9.17) is 23.4 Å². The molecular formula is C35H42O8SSi. The fraction of sp³-hybridized carbons (Fsp3) is 0.400. The number of carbonyl (C=O) groups excluding carboxylic acids is 3. The number of carbonyl (C=O) groups is 3. The molecule has 0 aromatic heterocycles. The summed E-state index contributed by atoms with van der Waals surface area (Å²) < 4.78 is 31.5. The molecule has 8 nitrogen and oxygen atoms in total. The molecule has 3 aromatic rings. The smallest absolute Gasteiger partial charge is 0.338 e. The molecular weight excluding hydrogens is 609 g/mol. The van der Waals surface area contributed by atoms with Crippen molar-refractivity contribution in [3.63, 3.8) is 0 Å². The molecule has 0 saturated carbocycles. The molecule has 45 heavy (non-hydrogen) atoms. The van der Waals surface area contributed by atoms with E-state index in [-0.39, 0.29) is 11.6 Å². The summed E-state index contributed by atoms with van der Waals surface area (Å²) in [5, 5.41) is -0.0949. The Hall–Kier alpha value is -3.44. The van der Waals surface area contributed by atoms with Gasteiger partial charge in [-0.3, -0.25) is 0 Å². The third kappa shape index (κ3) is 8.85. The fourth-order valence-corrected chi connectivity index (χ4v) is 6.48. The lowest BCUT2D eigenvalue weighted by Crippen LogP contribution is -2.62. The summed E-state index contributed by atoms with van der Waals surface area (Å²) in [6, 6.07) is 25.6. The highest BCUT2D eigenvalue weighted by atomic mass is 32.2. The van der Waals surface area contributed by atoms with Crippen molar-refractivity contribution in [1.82, 2.24) is 0 Å². The average molecular weight is 651 g/mol. The van der Waals surface area contributed by atoms with Crippen molar-refractivity contribution in [2.45, 2.75) is 75.7 Å². The van der Waals surface area contributed by atoms with Gasteiger partial charge in [-0.25, -0.2) is 14.4 Å². The van der Waals surface area contributed by atoms with E-state index in [1.165, 1.54) is 11.8 Å². The first-order valence-electron chi connectivity index (χ1n) is 15.1. The van der Waals surface area contributed by atoms with E-state index < -0.39 is 56.1 Å². The van der Waals surface area contributed by atoms with Gasteiger partial charge in [0.2, 0.25) is 0 Å². The van der Waals surface area contributed by atoms with E-state index in [1.807, 2.05) is 6.92 Å². The van der Waals surface area contributed by atoms with Crippen LogP contribution in [0.5, 0.6) is 0 Å². The highest BCUT2D eigenvalue weighted by Gasteiger charge is 2.53. The number of thioether (sulfide) groups is 1. The number of benzene rings is 3. The standard InChI is InChI=1S/C35H42O8SSi/c1-7-44-34-30(43-33(38)26-21-15-10-16-22-26)29(42-32(37)25-19-13-9-14-20-25)28(41-31(36)24-17-11-8-12-18-24)27(40-34)23-39-45(5,6)35(2,3)4/h8-22,27-30,34H,7,23H2,1-6H3/t27-,28-,29+,30-,34+/m1/s1. The van der Waals surface area contributed by atoms with E-state index in [1.54, 1.807) is 91.0 Å². The SMILES string of the molecule is CCS[C@@H]1O[C@H](CO[Si](C)(C)C(C)(C)C)[C@@H](OC(=O)c2ccccc2)[C@H](OC(=O)c2ccccc2)[C@H]1OC(=O)c1ccccc1. The number of hydrogen-bond donors (Lipinski definition) is 0. The Morgan fingerprint density at radius 3 is 1.49 bits per heavy atom. The van der Waals surface area contributed by atoms with Crippen molar-refractivity contribution in [2.24, 2.45) is 0 Å². The molecule has 0 amide bonds. The molecule has 4 rings (SSSR count). The molecule has 10 heteroatoms. The molecule has 1 fully saturated rings. The molecule has 3 aromatic carbocycles. The maximum atomic E-state index is 13.6. The fourth-order valence-electron chi connectivity index (χ4n) is 4.52. The van der Waals surface area contributed by atoms with E-state index in [9.17, 15) is 14.4 Å². The van der Waals surface area contributed by atoms with E-state index in [2.05, 4.69) is 33.9 Å². The van der Waals surface area contributed by atoms with Crippen LogP contribution in [0.4, 0.5) is 0 Å². The quantitative estimate of drug-likeness (QED) is 0.122. The lowest BCUT2D eigenvalue weighted by atomic mass is 9.98. The van der Waals surface area contributed by atoms with Gasteiger partial charge in [-0.05, 0) is 60.3 Å². The Labute approximate surface area is 270 Å². The maximum absolute atomic E-state index is 13.6. The van der Waals surface area contributed by atoms with Gasteiger partial charge in [0.1, 0.15) is 11.5 Å². The van der Waals surface area contributed by atoms with E-state index >= 15 is 0 Å². The largest absolute Gasteiger partial charge is 0.452 e. The van der Waals surface area contributed by atoms with Crippen LogP contribution >= 0.6 is 11.8 Å². The molecule has 1 saturated heterocycles. The Kier molecular flexibility index (Phi) is 11.7. The van der Waals surface area contributed by atoms with Crippen LogP contribution in [0.3, 0.4) is 0 Å². The third-order valence-electron chi connectivity index (χ3n) is 8.09. The van der Waals surface area contributed by atoms with Gasteiger partial charge in [-0.15, -0.1) is 11.8 Å². The molecule has 0 N–H and O–H groups in total. The van der Waals surface area contributed by atoms with Gasteiger partial charge in [0.05, 0.1) is 23.3 Å². The molecule has 1 heterocycles. The molecule has 0 aliphatic carbocycles. The van der Waals surface area contributed by atoms with Gasteiger partial charge >= 0.3 is 17.9 Å². The zero-order valence-electron chi connectivity index (χ0n) is 26.6. The lowest BCUT2D eigenvalue weighted by molar-refractivity contribution is -0.206. The number of hydrogen-bond acceptors (Lipinski definition) is 9. The average Bonchev–Trinajstić information content (AvgIpc) is 3.03. The first kappa shape index (κ1) is 34.4. The normalized spacial score (nSPS) is 21.9. The maximum Gasteiger partial charge on any atom is 0.338 e. The van der Waals surface area contributed by atoms with Crippen LogP contribution in [0.2, 0.25) is 18.1 Å². The zero-order chi connectivity index (χ0) is 32.6. The molecule has 0 bridgehead atoms. The van der Waals surface area contributed by atoms with Crippen molar-refractivity contribution < 1.29 is 37.8 Å². The summed E-state index contributed by atoms with van der Waals surface area (Å²) in [4.78, 5) is 40.5.